The number of rotatable bonds is 7. The van der Waals surface area contributed by atoms with Crippen LogP contribution in [-0.2, 0) is 4.79 Å². The fourth-order valence-corrected chi connectivity index (χ4v) is 2.90. The zero-order chi connectivity index (χ0) is 21.8. The molecule has 3 rings (SSSR count). The number of methoxy groups -OCH3 is 1. The van der Waals surface area contributed by atoms with Gasteiger partial charge < -0.3 is 20.3 Å². The second-order valence-electron chi connectivity index (χ2n) is 6.29. The molecule has 1 aromatic heterocycles. The molecule has 1 unspecified atom stereocenters. The van der Waals surface area contributed by atoms with Crippen molar-refractivity contribution in [2.24, 2.45) is 0 Å². The van der Waals surface area contributed by atoms with Crippen LogP contribution in [0.1, 0.15) is 28.5 Å². The lowest BCUT2D eigenvalue weighted by molar-refractivity contribution is -0.137. The number of amides is 1. The molecule has 3 aromatic rings. The Morgan fingerprint density at radius 2 is 1.90 bits per heavy atom. The summed E-state index contributed by atoms with van der Waals surface area (Å²) in [6.07, 6.45) is -0.553. The van der Waals surface area contributed by atoms with E-state index >= 15 is 0 Å². The first-order chi connectivity index (χ1) is 14.3. The summed E-state index contributed by atoms with van der Waals surface area (Å²) >= 11 is 0. The summed E-state index contributed by atoms with van der Waals surface area (Å²) in [6.45, 7) is 0. The predicted octanol–water partition coefficient (Wildman–Crippen LogP) is 2.81. The van der Waals surface area contributed by atoms with E-state index in [4.69, 9.17) is 4.74 Å². The van der Waals surface area contributed by atoms with Crippen LogP contribution < -0.4 is 10.1 Å². The highest BCUT2D eigenvalue weighted by atomic mass is 19.1. The Morgan fingerprint density at radius 1 is 1.17 bits per heavy atom. The summed E-state index contributed by atoms with van der Waals surface area (Å²) < 4.78 is 33.2. The number of aromatic nitrogens is 2. The topological polar surface area (TPSA) is 114 Å². The van der Waals surface area contributed by atoms with Gasteiger partial charge in [-0.05, 0) is 36.4 Å². The van der Waals surface area contributed by atoms with Crippen LogP contribution in [0.25, 0.3) is 5.69 Å². The number of benzene rings is 2. The van der Waals surface area contributed by atoms with E-state index in [2.05, 4.69) is 10.4 Å². The fourth-order valence-electron chi connectivity index (χ4n) is 2.90. The minimum Gasteiger partial charge on any atom is -0.496 e. The summed E-state index contributed by atoms with van der Waals surface area (Å²) in [7, 11) is 1.33. The molecule has 0 fully saturated rings. The first-order valence-corrected chi connectivity index (χ1v) is 8.69. The van der Waals surface area contributed by atoms with E-state index in [0.717, 1.165) is 28.9 Å². The second-order valence-corrected chi connectivity index (χ2v) is 6.29. The van der Waals surface area contributed by atoms with E-state index in [-0.39, 0.29) is 22.7 Å². The highest BCUT2D eigenvalue weighted by Gasteiger charge is 2.25. The molecule has 3 N–H and O–H groups in total. The van der Waals surface area contributed by atoms with E-state index in [1.807, 2.05) is 0 Å². The van der Waals surface area contributed by atoms with Crippen molar-refractivity contribution >= 4 is 11.9 Å². The Morgan fingerprint density at radius 3 is 2.57 bits per heavy atom. The van der Waals surface area contributed by atoms with Crippen LogP contribution in [0.2, 0.25) is 0 Å². The number of nitrogens with one attached hydrogen (secondary N) is 1. The third kappa shape index (κ3) is 4.54. The van der Waals surface area contributed by atoms with Gasteiger partial charge in [0.05, 0.1) is 25.3 Å². The minimum atomic E-state index is -1.24. The van der Waals surface area contributed by atoms with Gasteiger partial charge in [-0.25, -0.2) is 13.5 Å². The van der Waals surface area contributed by atoms with Crippen molar-refractivity contribution in [2.75, 3.05) is 7.11 Å². The number of carbonyl (C=O) groups is 2. The second kappa shape index (κ2) is 8.60. The molecule has 1 heterocycles. The molecule has 2 aromatic carbocycles. The molecule has 0 aliphatic carbocycles. The predicted molar refractivity (Wildman–Crippen MR) is 101 cm³/mol. The Balaban J connectivity index is 1.91. The maximum Gasteiger partial charge on any atom is 0.305 e. The van der Waals surface area contributed by atoms with Crippen molar-refractivity contribution in [2.45, 2.75) is 12.5 Å². The van der Waals surface area contributed by atoms with Crippen molar-refractivity contribution in [1.29, 1.82) is 0 Å². The molecule has 30 heavy (non-hydrogen) atoms. The van der Waals surface area contributed by atoms with Gasteiger partial charge in [-0.3, -0.25) is 9.59 Å². The monoisotopic (exact) mass is 417 g/mol. The zero-order valence-electron chi connectivity index (χ0n) is 15.7. The van der Waals surface area contributed by atoms with E-state index < -0.39 is 41.9 Å². The number of carboxylic acids is 1. The highest BCUT2D eigenvalue weighted by molar-refractivity contribution is 5.93. The van der Waals surface area contributed by atoms with Crippen LogP contribution in [-0.4, -0.2) is 39.0 Å². The van der Waals surface area contributed by atoms with E-state index in [1.54, 1.807) is 0 Å². The Labute approximate surface area is 169 Å². The maximum atomic E-state index is 13.7. The highest BCUT2D eigenvalue weighted by Crippen LogP contribution is 2.29. The van der Waals surface area contributed by atoms with Gasteiger partial charge in [0.15, 0.2) is 5.69 Å². The summed E-state index contributed by atoms with van der Waals surface area (Å²) in [5, 5.41) is 25.7. The van der Waals surface area contributed by atoms with Gasteiger partial charge in [0.2, 0.25) is 5.88 Å². The number of nitrogens with zero attached hydrogens (tertiary/aromatic N) is 2. The average molecular weight is 417 g/mol. The van der Waals surface area contributed by atoms with Crippen molar-refractivity contribution in [1.82, 2.24) is 15.1 Å². The van der Waals surface area contributed by atoms with Crippen LogP contribution in [0.5, 0.6) is 11.6 Å². The summed E-state index contributed by atoms with van der Waals surface area (Å²) in [5.74, 6) is -3.49. The number of halogens is 2. The van der Waals surface area contributed by atoms with Crippen molar-refractivity contribution in [3.05, 3.63) is 71.4 Å². The molecule has 0 spiro atoms. The Hall–Kier alpha value is -3.95. The molecule has 0 radical (unpaired) electrons. The standard InChI is InChI=1S/C20H17F2N3O5/c1-30-17-6-5-12(22)8-14(17)15(10-19(27)28)23-20(29)16-9-18(26)25(24-16)13-4-2-3-11(21)7-13/h2-9,15,26H,10H2,1H3,(H,23,29)(H,27,28). The lowest BCUT2D eigenvalue weighted by atomic mass is 10.0. The Kier molecular flexibility index (Phi) is 5.95. The molecule has 0 saturated heterocycles. The van der Waals surface area contributed by atoms with Crippen LogP contribution >= 0.6 is 0 Å². The van der Waals surface area contributed by atoms with Gasteiger partial charge in [0, 0.05) is 11.6 Å². The lowest BCUT2D eigenvalue weighted by Gasteiger charge is -2.19. The summed E-state index contributed by atoms with van der Waals surface area (Å²) in [4.78, 5) is 23.9. The SMILES string of the molecule is COc1ccc(F)cc1C(CC(=O)O)NC(=O)c1cc(O)n(-c2cccc(F)c2)n1. The van der Waals surface area contributed by atoms with Gasteiger partial charge in [-0.1, -0.05) is 6.07 Å². The molecular formula is C20H17F2N3O5. The van der Waals surface area contributed by atoms with E-state index in [1.165, 1.54) is 31.4 Å². The first kappa shape index (κ1) is 20.8. The number of carboxylic acid groups (broad SMARTS) is 1. The zero-order valence-corrected chi connectivity index (χ0v) is 15.7. The maximum absolute atomic E-state index is 13.7. The van der Waals surface area contributed by atoms with Crippen molar-refractivity contribution in [3.63, 3.8) is 0 Å². The molecule has 156 valence electrons. The molecule has 1 atom stereocenters. The molecule has 0 bridgehead atoms. The molecular weight excluding hydrogens is 400 g/mol. The van der Waals surface area contributed by atoms with Crippen molar-refractivity contribution < 1.29 is 33.3 Å². The van der Waals surface area contributed by atoms with Crippen LogP contribution in [0, 0.1) is 11.6 Å². The van der Waals surface area contributed by atoms with Gasteiger partial charge in [0.25, 0.3) is 5.91 Å². The quantitative estimate of drug-likeness (QED) is 0.545. The van der Waals surface area contributed by atoms with E-state index in [0.29, 0.717) is 0 Å². The van der Waals surface area contributed by atoms with Gasteiger partial charge in [-0.2, -0.15) is 5.10 Å². The van der Waals surface area contributed by atoms with Gasteiger partial charge >= 0.3 is 5.97 Å². The van der Waals surface area contributed by atoms with Crippen LogP contribution in [0.4, 0.5) is 8.78 Å². The van der Waals surface area contributed by atoms with E-state index in [9.17, 15) is 28.6 Å². The molecule has 1 amide bonds. The number of hydrogen-bond donors (Lipinski definition) is 3. The fraction of sp³-hybridized carbons (Fsp3) is 0.150. The minimum absolute atomic E-state index is 0.127. The normalized spacial score (nSPS) is 11.7. The number of aromatic hydroxyl groups is 1. The van der Waals surface area contributed by atoms with Gasteiger partial charge in [0.1, 0.15) is 17.4 Å². The average Bonchev–Trinajstić information content (AvgIpc) is 3.09. The first-order valence-electron chi connectivity index (χ1n) is 8.69. The lowest BCUT2D eigenvalue weighted by Crippen LogP contribution is -2.31. The Bertz CT molecular complexity index is 1100. The third-order valence-corrected chi connectivity index (χ3v) is 4.23. The molecule has 0 saturated carbocycles. The van der Waals surface area contributed by atoms with Crippen molar-refractivity contribution in [3.8, 4) is 17.3 Å². The number of carbonyl (C=O) groups excluding carboxylic acids is 1. The molecule has 8 nitrogen and oxygen atoms in total. The number of aliphatic carboxylic acids is 1. The van der Waals surface area contributed by atoms with Crippen LogP contribution in [0.15, 0.2) is 48.5 Å². The smallest absolute Gasteiger partial charge is 0.305 e. The largest absolute Gasteiger partial charge is 0.496 e. The van der Waals surface area contributed by atoms with Gasteiger partial charge in [-0.15, -0.1) is 0 Å². The summed E-state index contributed by atoms with van der Waals surface area (Å²) in [5.41, 5.74) is 0.0602. The third-order valence-electron chi connectivity index (χ3n) is 4.23. The molecule has 0 aliphatic rings. The number of hydrogen-bond acceptors (Lipinski definition) is 5. The number of ether oxygens (including phenoxy) is 1. The van der Waals surface area contributed by atoms with Crippen LogP contribution in [0.3, 0.4) is 0 Å². The molecule has 0 aliphatic heterocycles. The summed E-state index contributed by atoms with van der Waals surface area (Å²) in [6, 6.07) is 8.63. The molecule has 10 heteroatoms.